The van der Waals surface area contributed by atoms with Crippen molar-refractivity contribution in [2.45, 2.75) is 12.6 Å². The third kappa shape index (κ3) is 4.00. The van der Waals surface area contributed by atoms with Crippen LogP contribution >= 0.6 is 0 Å². The molecule has 1 N–H and O–H groups in total. The second-order valence-corrected chi connectivity index (χ2v) is 5.42. The van der Waals surface area contributed by atoms with Crippen molar-refractivity contribution in [3.05, 3.63) is 72.6 Å². The molecule has 0 unspecified atom stereocenters. The minimum atomic E-state index is -0.677. The van der Waals surface area contributed by atoms with Gasteiger partial charge in [0.2, 0.25) is 0 Å². The molecule has 1 aromatic heterocycles. The molecule has 24 heavy (non-hydrogen) atoms. The van der Waals surface area contributed by atoms with Crippen LogP contribution in [0.4, 0.5) is 0 Å². The summed E-state index contributed by atoms with van der Waals surface area (Å²) in [6.07, 6.45) is 3.01. The lowest BCUT2D eigenvalue weighted by Gasteiger charge is -2.12. The van der Waals surface area contributed by atoms with Gasteiger partial charge >= 0.3 is 0 Å². The maximum atomic E-state index is 10.1. The summed E-state index contributed by atoms with van der Waals surface area (Å²) in [5.74, 6) is 0.624. The number of nitrogens with zero attached hydrogens (tertiary/aromatic N) is 3. The number of ether oxygens (including phenoxy) is 1. The van der Waals surface area contributed by atoms with Crippen LogP contribution in [-0.2, 0) is 6.54 Å². The standard InChI is InChI=1S/C19H17N3O2/c20-10-15-6-8-19(9-7-15)24-14-18(23)13-22-12-17(11-21-22)16-4-2-1-3-5-16/h1-9,11-12,18,23H,13-14H2/t18-/m1/s1. The minimum Gasteiger partial charge on any atom is -0.491 e. The molecule has 0 radical (unpaired) electrons. The van der Waals surface area contributed by atoms with E-state index in [4.69, 9.17) is 10.00 Å². The molecule has 1 atom stereocenters. The van der Waals surface area contributed by atoms with Gasteiger partial charge in [0.15, 0.2) is 0 Å². The molecule has 2 aromatic carbocycles. The van der Waals surface area contributed by atoms with Crippen LogP contribution in [0, 0.1) is 11.3 Å². The molecule has 0 aliphatic heterocycles. The van der Waals surface area contributed by atoms with Crippen LogP contribution in [0.5, 0.6) is 5.75 Å². The van der Waals surface area contributed by atoms with E-state index in [1.54, 1.807) is 35.1 Å². The fourth-order valence-corrected chi connectivity index (χ4v) is 2.33. The summed E-state index contributed by atoms with van der Waals surface area (Å²) in [4.78, 5) is 0. The van der Waals surface area contributed by atoms with Gasteiger partial charge in [-0.25, -0.2) is 0 Å². The van der Waals surface area contributed by atoms with E-state index in [2.05, 4.69) is 11.2 Å². The lowest BCUT2D eigenvalue weighted by molar-refractivity contribution is 0.0893. The van der Waals surface area contributed by atoms with E-state index in [0.29, 0.717) is 17.9 Å². The van der Waals surface area contributed by atoms with Crippen LogP contribution in [0.25, 0.3) is 11.1 Å². The van der Waals surface area contributed by atoms with E-state index in [-0.39, 0.29) is 6.61 Å². The first-order valence-corrected chi connectivity index (χ1v) is 7.63. The molecule has 5 nitrogen and oxygen atoms in total. The normalized spacial score (nSPS) is 11.7. The molecule has 0 fully saturated rings. The van der Waals surface area contributed by atoms with E-state index >= 15 is 0 Å². The van der Waals surface area contributed by atoms with Crippen LogP contribution < -0.4 is 4.74 Å². The molecule has 1 heterocycles. The molecule has 0 bridgehead atoms. The number of hydrogen-bond acceptors (Lipinski definition) is 4. The molecule has 0 saturated carbocycles. The van der Waals surface area contributed by atoms with Gasteiger partial charge in [0.05, 0.1) is 24.4 Å². The smallest absolute Gasteiger partial charge is 0.119 e. The molecular weight excluding hydrogens is 302 g/mol. The van der Waals surface area contributed by atoms with Gasteiger partial charge in [-0.2, -0.15) is 10.4 Å². The lowest BCUT2D eigenvalue weighted by atomic mass is 10.1. The topological polar surface area (TPSA) is 71.1 Å². The SMILES string of the molecule is N#Cc1ccc(OC[C@H](O)Cn2cc(-c3ccccc3)cn2)cc1. The predicted octanol–water partition coefficient (Wildman–Crippen LogP) is 2.86. The first-order chi connectivity index (χ1) is 11.7. The van der Waals surface area contributed by atoms with Crippen LogP contribution in [0.15, 0.2) is 67.0 Å². The van der Waals surface area contributed by atoms with Crippen molar-refractivity contribution in [3.8, 4) is 22.9 Å². The Morgan fingerprint density at radius 2 is 1.83 bits per heavy atom. The molecule has 5 heteroatoms. The molecule has 3 rings (SSSR count). The highest BCUT2D eigenvalue weighted by Crippen LogP contribution is 2.17. The Bertz CT molecular complexity index is 820. The molecule has 3 aromatic rings. The van der Waals surface area contributed by atoms with Gasteiger partial charge < -0.3 is 9.84 Å². The zero-order valence-electron chi connectivity index (χ0n) is 13.0. The Labute approximate surface area is 140 Å². The lowest BCUT2D eigenvalue weighted by Crippen LogP contribution is -2.23. The zero-order valence-corrected chi connectivity index (χ0v) is 13.0. The molecule has 0 amide bonds. The first kappa shape index (κ1) is 15.8. The average molecular weight is 319 g/mol. The number of benzene rings is 2. The summed E-state index contributed by atoms with van der Waals surface area (Å²) in [5.41, 5.74) is 2.68. The third-order valence-corrected chi connectivity index (χ3v) is 3.56. The Hall–Kier alpha value is -3.10. The van der Waals surface area contributed by atoms with E-state index in [1.807, 2.05) is 36.5 Å². The Morgan fingerprint density at radius 1 is 1.08 bits per heavy atom. The van der Waals surface area contributed by atoms with Gasteiger partial charge in [0.25, 0.3) is 0 Å². The van der Waals surface area contributed by atoms with E-state index < -0.39 is 6.10 Å². The summed E-state index contributed by atoms with van der Waals surface area (Å²) in [7, 11) is 0. The monoisotopic (exact) mass is 319 g/mol. The predicted molar refractivity (Wildman–Crippen MR) is 90.3 cm³/mol. The highest BCUT2D eigenvalue weighted by Gasteiger charge is 2.09. The van der Waals surface area contributed by atoms with E-state index in [9.17, 15) is 5.11 Å². The van der Waals surface area contributed by atoms with Gasteiger partial charge in [0, 0.05) is 11.8 Å². The van der Waals surface area contributed by atoms with Crippen LogP contribution in [0.1, 0.15) is 5.56 Å². The minimum absolute atomic E-state index is 0.159. The molecular formula is C19H17N3O2. The Balaban J connectivity index is 1.54. The van der Waals surface area contributed by atoms with Gasteiger partial charge in [-0.15, -0.1) is 0 Å². The molecule has 0 saturated heterocycles. The molecule has 0 aliphatic rings. The van der Waals surface area contributed by atoms with Crippen LogP contribution in [0.3, 0.4) is 0 Å². The van der Waals surface area contributed by atoms with E-state index in [0.717, 1.165) is 11.1 Å². The van der Waals surface area contributed by atoms with E-state index in [1.165, 1.54) is 0 Å². The fraction of sp³-hybridized carbons (Fsp3) is 0.158. The number of nitriles is 1. The van der Waals surface area contributed by atoms with Crippen molar-refractivity contribution in [3.63, 3.8) is 0 Å². The molecule has 0 aliphatic carbocycles. The van der Waals surface area contributed by atoms with Crippen LogP contribution in [0.2, 0.25) is 0 Å². The van der Waals surface area contributed by atoms with Crippen molar-refractivity contribution in [2.24, 2.45) is 0 Å². The van der Waals surface area contributed by atoms with Crippen molar-refractivity contribution in [1.29, 1.82) is 5.26 Å². The zero-order chi connectivity index (χ0) is 16.8. The highest BCUT2D eigenvalue weighted by molar-refractivity contribution is 5.61. The van der Waals surface area contributed by atoms with Crippen molar-refractivity contribution >= 4 is 0 Å². The molecule has 120 valence electrons. The quantitative estimate of drug-likeness (QED) is 0.758. The fourth-order valence-electron chi connectivity index (χ4n) is 2.33. The van der Waals surface area contributed by atoms with Crippen molar-refractivity contribution in [2.75, 3.05) is 6.61 Å². The number of aromatic nitrogens is 2. The van der Waals surface area contributed by atoms with Gasteiger partial charge in [-0.1, -0.05) is 30.3 Å². The summed E-state index contributed by atoms with van der Waals surface area (Å²) in [6.45, 7) is 0.509. The van der Waals surface area contributed by atoms with Gasteiger partial charge in [-0.05, 0) is 29.8 Å². The average Bonchev–Trinajstić information content (AvgIpc) is 3.09. The largest absolute Gasteiger partial charge is 0.491 e. The first-order valence-electron chi connectivity index (χ1n) is 7.63. The summed E-state index contributed by atoms with van der Waals surface area (Å²) >= 11 is 0. The van der Waals surface area contributed by atoms with Crippen molar-refractivity contribution < 1.29 is 9.84 Å². The number of rotatable bonds is 6. The highest BCUT2D eigenvalue weighted by atomic mass is 16.5. The summed E-state index contributed by atoms with van der Waals surface area (Å²) in [5, 5.41) is 23.1. The van der Waals surface area contributed by atoms with Crippen LogP contribution in [-0.4, -0.2) is 27.6 Å². The third-order valence-electron chi connectivity index (χ3n) is 3.56. The number of aliphatic hydroxyl groups is 1. The number of hydrogen-bond donors (Lipinski definition) is 1. The summed E-state index contributed by atoms with van der Waals surface area (Å²) in [6, 6.07) is 18.8. The number of aliphatic hydroxyl groups excluding tert-OH is 1. The summed E-state index contributed by atoms with van der Waals surface area (Å²) < 4.78 is 7.23. The Kier molecular flexibility index (Phi) is 4.90. The second-order valence-electron chi connectivity index (χ2n) is 5.42. The van der Waals surface area contributed by atoms with Gasteiger partial charge in [0.1, 0.15) is 18.5 Å². The maximum absolute atomic E-state index is 10.1. The second kappa shape index (κ2) is 7.44. The molecule has 0 spiro atoms. The Morgan fingerprint density at radius 3 is 2.54 bits per heavy atom. The van der Waals surface area contributed by atoms with Crippen molar-refractivity contribution in [1.82, 2.24) is 9.78 Å². The maximum Gasteiger partial charge on any atom is 0.119 e. The van der Waals surface area contributed by atoms with Gasteiger partial charge in [-0.3, -0.25) is 4.68 Å².